The Bertz CT molecular complexity index is 1310. The van der Waals surface area contributed by atoms with Gasteiger partial charge in [-0.3, -0.25) is 14.2 Å². The van der Waals surface area contributed by atoms with E-state index >= 15 is 0 Å². The van der Waals surface area contributed by atoms with Gasteiger partial charge in [0.05, 0.1) is 6.42 Å². The van der Waals surface area contributed by atoms with Crippen LogP contribution in [0.3, 0.4) is 0 Å². The van der Waals surface area contributed by atoms with Crippen LogP contribution in [0.4, 0.5) is 0 Å². The first-order valence-corrected chi connectivity index (χ1v) is 11.4. The number of carbonyl (C=O) groups excluding carboxylic acids is 2. The number of amides is 2. The van der Waals surface area contributed by atoms with Gasteiger partial charge in [0.25, 0.3) is 0 Å². The Morgan fingerprint density at radius 2 is 1.74 bits per heavy atom. The van der Waals surface area contributed by atoms with Crippen molar-refractivity contribution in [2.45, 2.75) is 39.8 Å². The lowest BCUT2D eigenvalue weighted by Crippen LogP contribution is -2.49. The van der Waals surface area contributed by atoms with E-state index in [2.05, 4.69) is 20.6 Å². The van der Waals surface area contributed by atoms with Crippen LogP contribution in [0, 0.1) is 12.8 Å². The van der Waals surface area contributed by atoms with E-state index in [1.807, 2.05) is 86.1 Å². The first kappa shape index (κ1) is 23.2. The molecule has 4 rings (SSSR count). The standard InChI is InChI=1S/C27H29N5O2/c1-18(2)26(31-25(33)16-20-8-9-22-6-4-5-7-23(22)14-20)27(34)30-17-21-10-11-29-24(15-21)32-13-12-28-19(32)3/h4-15,18,26H,16-17H2,1-3H3,(H,30,34)(H,31,33). The molecule has 0 bridgehead atoms. The van der Waals surface area contributed by atoms with Crippen molar-refractivity contribution in [3.63, 3.8) is 0 Å². The second kappa shape index (κ2) is 10.3. The van der Waals surface area contributed by atoms with E-state index in [9.17, 15) is 9.59 Å². The maximum absolute atomic E-state index is 12.9. The summed E-state index contributed by atoms with van der Waals surface area (Å²) in [5, 5.41) is 8.09. The fraction of sp³-hybridized carbons (Fsp3) is 0.259. The van der Waals surface area contributed by atoms with Crippen molar-refractivity contribution in [1.29, 1.82) is 0 Å². The molecule has 2 N–H and O–H groups in total. The molecule has 0 saturated carbocycles. The number of hydrogen-bond acceptors (Lipinski definition) is 4. The number of hydrogen-bond donors (Lipinski definition) is 2. The SMILES string of the molecule is Cc1nccn1-c1cc(CNC(=O)C(NC(=O)Cc2ccc3ccccc3c2)C(C)C)ccn1. The molecule has 1 atom stereocenters. The molecule has 2 aromatic heterocycles. The summed E-state index contributed by atoms with van der Waals surface area (Å²) in [5.74, 6) is 1.14. The number of benzene rings is 2. The van der Waals surface area contributed by atoms with Crippen molar-refractivity contribution >= 4 is 22.6 Å². The number of carbonyl (C=O) groups is 2. The highest BCUT2D eigenvalue weighted by molar-refractivity contribution is 5.89. The third-order valence-electron chi connectivity index (χ3n) is 5.79. The molecule has 4 aromatic rings. The van der Waals surface area contributed by atoms with Gasteiger partial charge in [0.15, 0.2) is 0 Å². The number of rotatable bonds is 8. The maximum atomic E-state index is 12.9. The third-order valence-corrected chi connectivity index (χ3v) is 5.79. The van der Waals surface area contributed by atoms with Crippen LogP contribution >= 0.6 is 0 Å². The van der Waals surface area contributed by atoms with Gasteiger partial charge in [-0.1, -0.05) is 56.3 Å². The van der Waals surface area contributed by atoms with Gasteiger partial charge in [-0.05, 0) is 46.9 Å². The van der Waals surface area contributed by atoms with E-state index < -0.39 is 6.04 Å². The molecule has 0 aliphatic rings. The van der Waals surface area contributed by atoms with Crippen molar-refractivity contribution in [3.05, 3.63) is 90.1 Å². The predicted octanol–water partition coefficient (Wildman–Crippen LogP) is 3.73. The molecule has 0 radical (unpaired) electrons. The normalized spacial score (nSPS) is 12.0. The molecule has 0 aliphatic heterocycles. The molecule has 34 heavy (non-hydrogen) atoms. The highest BCUT2D eigenvalue weighted by Gasteiger charge is 2.24. The van der Waals surface area contributed by atoms with Crippen LogP contribution in [0.25, 0.3) is 16.6 Å². The maximum Gasteiger partial charge on any atom is 0.243 e. The van der Waals surface area contributed by atoms with Crippen molar-refractivity contribution in [2.24, 2.45) is 5.92 Å². The van der Waals surface area contributed by atoms with E-state index in [0.29, 0.717) is 6.54 Å². The number of aryl methyl sites for hydroxylation is 1. The van der Waals surface area contributed by atoms with Crippen molar-refractivity contribution in [1.82, 2.24) is 25.2 Å². The topological polar surface area (TPSA) is 88.9 Å². The van der Waals surface area contributed by atoms with Crippen LogP contribution < -0.4 is 10.6 Å². The zero-order valence-corrected chi connectivity index (χ0v) is 19.7. The lowest BCUT2D eigenvalue weighted by Gasteiger charge is -2.22. The Labute approximate surface area is 199 Å². The van der Waals surface area contributed by atoms with Crippen LogP contribution in [-0.2, 0) is 22.6 Å². The molecule has 7 nitrogen and oxygen atoms in total. The van der Waals surface area contributed by atoms with E-state index in [1.165, 1.54) is 0 Å². The van der Waals surface area contributed by atoms with Crippen molar-refractivity contribution in [3.8, 4) is 5.82 Å². The average Bonchev–Trinajstić information content (AvgIpc) is 3.27. The number of nitrogens with one attached hydrogen (secondary N) is 2. The van der Waals surface area contributed by atoms with E-state index in [1.54, 1.807) is 12.4 Å². The van der Waals surface area contributed by atoms with Gasteiger partial charge in [-0.15, -0.1) is 0 Å². The zero-order chi connectivity index (χ0) is 24.1. The number of imidazole rings is 1. The fourth-order valence-corrected chi connectivity index (χ4v) is 3.92. The summed E-state index contributed by atoms with van der Waals surface area (Å²) in [6.07, 6.45) is 5.50. The van der Waals surface area contributed by atoms with Crippen LogP contribution in [0.2, 0.25) is 0 Å². The Morgan fingerprint density at radius 3 is 2.47 bits per heavy atom. The molecular weight excluding hydrogens is 426 g/mol. The minimum absolute atomic E-state index is 0.0536. The summed E-state index contributed by atoms with van der Waals surface area (Å²) >= 11 is 0. The molecule has 7 heteroatoms. The summed E-state index contributed by atoms with van der Waals surface area (Å²) in [6.45, 7) is 6.09. The zero-order valence-electron chi connectivity index (χ0n) is 19.7. The number of nitrogens with zero attached hydrogens (tertiary/aromatic N) is 3. The minimum atomic E-state index is -0.620. The summed E-state index contributed by atoms with van der Waals surface area (Å²) < 4.78 is 1.88. The van der Waals surface area contributed by atoms with E-state index in [0.717, 1.165) is 33.5 Å². The largest absolute Gasteiger partial charge is 0.350 e. The first-order valence-electron chi connectivity index (χ1n) is 11.4. The monoisotopic (exact) mass is 455 g/mol. The highest BCUT2D eigenvalue weighted by Crippen LogP contribution is 2.16. The van der Waals surface area contributed by atoms with E-state index in [4.69, 9.17) is 0 Å². The molecule has 0 saturated heterocycles. The first-order chi connectivity index (χ1) is 16.4. The van der Waals surface area contributed by atoms with Crippen LogP contribution in [0.15, 0.2) is 73.2 Å². The van der Waals surface area contributed by atoms with E-state index in [-0.39, 0.29) is 24.2 Å². The van der Waals surface area contributed by atoms with Gasteiger partial charge >= 0.3 is 0 Å². The second-order valence-electron chi connectivity index (χ2n) is 8.73. The average molecular weight is 456 g/mol. The Morgan fingerprint density at radius 1 is 0.941 bits per heavy atom. The van der Waals surface area contributed by atoms with Gasteiger partial charge < -0.3 is 10.6 Å². The van der Waals surface area contributed by atoms with Gasteiger partial charge in [-0.25, -0.2) is 9.97 Å². The van der Waals surface area contributed by atoms with Gasteiger partial charge in [0.1, 0.15) is 17.7 Å². The molecule has 2 amide bonds. The fourth-order valence-electron chi connectivity index (χ4n) is 3.92. The van der Waals surface area contributed by atoms with Crippen LogP contribution in [-0.4, -0.2) is 32.4 Å². The van der Waals surface area contributed by atoms with Crippen molar-refractivity contribution < 1.29 is 9.59 Å². The van der Waals surface area contributed by atoms with Crippen LogP contribution in [0.5, 0.6) is 0 Å². The smallest absolute Gasteiger partial charge is 0.243 e. The quantitative estimate of drug-likeness (QED) is 0.424. The molecule has 1 unspecified atom stereocenters. The Balaban J connectivity index is 1.37. The second-order valence-corrected chi connectivity index (χ2v) is 8.73. The summed E-state index contributed by atoms with van der Waals surface area (Å²) in [4.78, 5) is 34.3. The molecule has 0 fully saturated rings. The molecule has 174 valence electrons. The van der Waals surface area contributed by atoms with Gasteiger partial charge in [0.2, 0.25) is 11.8 Å². The van der Waals surface area contributed by atoms with Gasteiger partial charge in [-0.2, -0.15) is 0 Å². The Kier molecular flexibility index (Phi) is 7.01. The molecule has 2 aromatic carbocycles. The minimum Gasteiger partial charge on any atom is -0.350 e. The van der Waals surface area contributed by atoms with Crippen LogP contribution in [0.1, 0.15) is 30.8 Å². The lowest BCUT2D eigenvalue weighted by atomic mass is 10.0. The highest BCUT2D eigenvalue weighted by atomic mass is 16.2. The third kappa shape index (κ3) is 5.49. The lowest BCUT2D eigenvalue weighted by molar-refractivity contribution is -0.129. The summed E-state index contributed by atoms with van der Waals surface area (Å²) in [6, 6.07) is 17.2. The molecule has 0 aliphatic carbocycles. The summed E-state index contributed by atoms with van der Waals surface area (Å²) in [5.41, 5.74) is 1.83. The molecular formula is C27H29N5O2. The number of aromatic nitrogens is 3. The molecule has 2 heterocycles. The summed E-state index contributed by atoms with van der Waals surface area (Å²) in [7, 11) is 0. The molecule has 0 spiro atoms. The van der Waals surface area contributed by atoms with Crippen molar-refractivity contribution in [2.75, 3.05) is 0 Å². The Hall–Kier alpha value is -4.00. The van der Waals surface area contributed by atoms with Gasteiger partial charge in [0, 0.05) is 25.1 Å². The number of fused-ring (bicyclic) bond motifs is 1. The predicted molar refractivity (Wildman–Crippen MR) is 132 cm³/mol. The number of pyridine rings is 1.